The van der Waals surface area contributed by atoms with Crippen LogP contribution in [0.3, 0.4) is 0 Å². The van der Waals surface area contributed by atoms with Gasteiger partial charge in [-0.2, -0.15) is 9.40 Å². The van der Waals surface area contributed by atoms with E-state index in [0.717, 1.165) is 25.7 Å². The van der Waals surface area contributed by atoms with Crippen molar-refractivity contribution in [2.45, 2.75) is 63.5 Å². The van der Waals surface area contributed by atoms with Crippen molar-refractivity contribution in [1.29, 1.82) is 0 Å². The molecule has 174 valence electrons. The van der Waals surface area contributed by atoms with Crippen LogP contribution < -0.4 is 5.32 Å². The van der Waals surface area contributed by atoms with Gasteiger partial charge in [-0.3, -0.25) is 4.79 Å². The van der Waals surface area contributed by atoms with Crippen molar-refractivity contribution in [2.75, 3.05) is 18.4 Å². The van der Waals surface area contributed by atoms with E-state index in [1.54, 1.807) is 16.9 Å². The molecule has 1 N–H and O–H groups in total. The van der Waals surface area contributed by atoms with E-state index in [-0.39, 0.29) is 16.5 Å². The highest BCUT2D eigenvalue weighted by Crippen LogP contribution is 2.22. The number of anilines is 1. The van der Waals surface area contributed by atoms with E-state index in [1.165, 1.54) is 35.5 Å². The van der Waals surface area contributed by atoms with E-state index in [1.807, 2.05) is 13.8 Å². The molecule has 1 aromatic heterocycles. The van der Waals surface area contributed by atoms with Gasteiger partial charge in [-0.1, -0.05) is 18.9 Å². The largest absolute Gasteiger partial charge is 0.449 e. The first kappa shape index (κ1) is 23.9. The average molecular weight is 463 g/mol. The van der Waals surface area contributed by atoms with Crippen LogP contribution >= 0.6 is 0 Å². The maximum absolute atomic E-state index is 13.0. The smallest absolute Gasteiger partial charge is 0.338 e. The Morgan fingerprint density at radius 3 is 2.41 bits per heavy atom. The fourth-order valence-corrected chi connectivity index (χ4v) is 5.11. The zero-order chi connectivity index (χ0) is 23.3. The minimum absolute atomic E-state index is 0.0480. The number of benzene rings is 1. The average Bonchev–Trinajstić information content (AvgIpc) is 3.04. The van der Waals surface area contributed by atoms with Gasteiger partial charge in [0.25, 0.3) is 5.91 Å². The number of nitrogens with one attached hydrogen (secondary N) is 1. The quantitative estimate of drug-likeness (QED) is 0.633. The molecule has 1 saturated heterocycles. The summed E-state index contributed by atoms with van der Waals surface area (Å²) in [5, 5.41) is 6.84. The van der Waals surface area contributed by atoms with E-state index in [0.29, 0.717) is 18.9 Å². The molecule has 0 saturated carbocycles. The van der Waals surface area contributed by atoms with Crippen molar-refractivity contribution in [3.8, 4) is 0 Å². The molecule has 10 heteroatoms. The van der Waals surface area contributed by atoms with Crippen LogP contribution in [0.4, 0.5) is 5.82 Å². The molecule has 32 heavy (non-hydrogen) atoms. The number of carbonyl (C=O) groups is 2. The van der Waals surface area contributed by atoms with Crippen molar-refractivity contribution in [3.63, 3.8) is 0 Å². The predicted molar refractivity (Wildman–Crippen MR) is 120 cm³/mol. The fraction of sp³-hybridized carbons (Fsp3) is 0.500. The molecule has 3 rings (SSSR count). The first-order chi connectivity index (χ1) is 15.2. The summed E-state index contributed by atoms with van der Waals surface area (Å²) in [4.78, 5) is 25.2. The van der Waals surface area contributed by atoms with Gasteiger partial charge < -0.3 is 10.1 Å². The molecule has 1 aliphatic heterocycles. The summed E-state index contributed by atoms with van der Waals surface area (Å²) in [5.74, 6) is -0.773. The van der Waals surface area contributed by atoms with Gasteiger partial charge in [-0.15, -0.1) is 0 Å². The third kappa shape index (κ3) is 5.55. The van der Waals surface area contributed by atoms with Crippen LogP contribution in [-0.4, -0.2) is 53.6 Å². The van der Waals surface area contributed by atoms with E-state index in [9.17, 15) is 18.0 Å². The Kier molecular flexibility index (Phi) is 7.68. The molecular weight excluding hydrogens is 432 g/mol. The number of aromatic nitrogens is 2. The summed E-state index contributed by atoms with van der Waals surface area (Å²) in [6, 6.07) is 7.47. The number of hydrogen-bond donors (Lipinski definition) is 1. The molecule has 0 aliphatic carbocycles. The van der Waals surface area contributed by atoms with E-state index >= 15 is 0 Å². The lowest BCUT2D eigenvalue weighted by Gasteiger charge is -2.20. The van der Waals surface area contributed by atoms with Crippen molar-refractivity contribution < 1.29 is 22.7 Å². The SMILES string of the molecule is CC(OC(=O)c1cccc(S(=O)(=O)N2CCCCCC2)c1)C(=O)Nc1ccnn1C(C)C. The number of ether oxygens (including phenoxy) is 1. The Bertz CT molecular complexity index is 1060. The molecule has 0 spiro atoms. The monoisotopic (exact) mass is 462 g/mol. The van der Waals surface area contributed by atoms with E-state index < -0.39 is 28.0 Å². The van der Waals surface area contributed by atoms with Gasteiger partial charge in [0, 0.05) is 25.2 Å². The Morgan fingerprint density at radius 2 is 1.75 bits per heavy atom. The summed E-state index contributed by atoms with van der Waals surface area (Å²) in [6.45, 7) is 6.26. The molecule has 1 atom stereocenters. The maximum Gasteiger partial charge on any atom is 0.338 e. The molecule has 2 heterocycles. The first-order valence-corrected chi connectivity index (χ1v) is 12.3. The standard InChI is InChI=1S/C22H30N4O5S/c1-16(2)26-20(11-12-23-26)24-21(27)17(3)31-22(28)18-9-8-10-19(15-18)32(29,30)25-13-6-4-5-7-14-25/h8-12,15-17H,4-7,13-14H2,1-3H3,(H,24,27). The minimum atomic E-state index is -3.70. The number of carbonyl (C=O) groups excluding carboxylic acids is 2. The first-order valence-electron chi connectivity index (χ1n) is 10.9. The second-order valence-electron chi connectivity index (χ2n) is 8.14. The summed E-state index contributed by atoms with van der Waals surface area (Å²) >= 11 is 0. The molecule has 9 nitrogen and oxygen atoms in total. The lowest BCUT2D eigenvalue weighted by atomic mass is 10.2. The third-order valence-corrected chi connectivity index (χ3v) is 7.23. The van der Waals surface area contributed by atoms with Gasteiger partial charge >= 0.3 is 5.97 Å². The molecule has 1 aromatic carbocycles. The van der Waals surface area contributed by atoms with Gasteiger partial charge in [0.05, 0.1) is 16.7 Å². The highest BCUT2D eigenvalue weighted by atomic mass is 32.2. The Balaban J connectivity index is 1.68. The van der Waals surface area contributed by atoms with Crippen LogP contribution in [-0.2, 0) is 19.6 Å². The van der Waals surface area contributed by atoms with Crippen molar-refractivity contribution in [2.24, 2.45) is 0 Å². The Labute approximate surface area is 188 Å². The minimum Gasteiger partial charge on any atom is -0.449 e. The fourth-order valence-electron chi connectivity index (χ4n) is 3.55. The van der Waals surface area contributed by atoms with Crippen LogP contribution in [0, 0.1) is 0 Å². The van der Waals surface area contributed by atoms with Crippen LogP contribution in [0.15, 0.2) is 41.4 Å². The van der Waals surface area contributed by atoms with Crippen LogP contribution in [0.1, 0.15) is 62.9 Å². The summed E-state index contributed by atoms with van der Waals surface area (Å²) in [6.07, 6.45) is 4.16. The summed E-state index contributed by atoms with van der Waals surface area (Å²) in [7, 11) is -3.70. The highest BCUT2D eigenvalue weighted by Gasteiger charge is 2.27. The molecule has 1 aliphatic rings. The van der Waals surface area contributed by atoms with Crippen LogP contribution in [0.5, 0.6) is 0 Å². The summed E-state index contributed by atoms with van der Waals surface area (Å²) in [5.41, 5.74) is 0.0766. The molecule has 1 unspecified atom stereocenters. The zero-order valence-corrected chi connectivity index (χ0v) is 19.5. The number of rotatable bonds is 7. The second kappa shape index (κ2) is 10.3. The predicted octanol–water partition coefficient (Wildman–Crippen LogP) is 3.21. The van der Waals surface area contributed by atoms with Crippen LogP contribution in [0.25, 0.3) is 0 Å². The number of amides is 1. The van der Waals surface area contributed by atoms with E-state index in [2.05, 4.69) is 10.4 Å². The maximum atomic E-state index is 13.0. The van der Waals surface area contributed by atoms with Gasteiger partial charge in [0.1, 0.15) is 5.82 Å². The van der Waals surface area contributed by atoms with E-state index in [4.69, 9.17) is 4.74 Å². The van der Waals surface area contributed by atoms with Gasteiger partial charge in [-0.05, 0) is 51.8 Å². The molecule has 0 radical (unpaired) electrons. The van der Waals surface area contributed by atoms with Crippen molar-refractivity contribution >= 4 is 27.7 Å². The zero-order valence-electron chi connectivity index (χ0n) is 18.7. The van der Waals surface area contributed by atoms with Gasteiger partial charge in [-0.25, -0.2) is 17.9 Å². The molecule has 0 bridgehead atoms. The second-order valence-corrected chi connectivity index (χ2v) is 10.1. The molecular formula is C22H30N4O5S. The highest BCUT2D eigenvalue weighted by molar-refractivity contribution is 7.89. The lowest BCUT2D eigenvalue weighted by Crippen LogP contribution is -2.32. The van der Waals surface area contributed by atoms with Gasteiger partial charge in [0.15, 0.2) is 6.10 Å². The number of esters is 1. The molecule has 2 aromatic rings. The Morgan fingerprint density at radius 1 is 1.06 bits per heavy atom. The molecule has 1 fully saturated rings. The normalized spacial score (nSPS) is 16.4. The number of sulfonamides is 1. The van der Waals surface area contributed by atoms with Crippen LogP contribution in [0.2, 0.25) is 0 Å². The van der Waals surface area contributed by atoms with Crippen molar-refractivity contribution in [1.82, 2.24) is 14.1 Å². The lowest BCUT2D eigenvalue weighted by molar-refractivity contribution is -0.123. The number of hydrogen-bond acceptors (Lipinski definition) is 6. The van der Waals surface area contributed by atoms with Gasteiger partial charge in [0.2, 0.25) is 10.0 Å². The number of nitrogens with zero attached hydrogens (tertiary/aromatic N) is 3. The molecule has 1 amide bonds. The topological polar surface area (TPSA) is 111 Å². The Hall–Kier alpha value is -2.72. The third-order valence-electron chi connectivity index (χ3n) is 5.34. The summed E-state index contributed by atoms with van der Waals surface area (Å²) < 4.78 is 34.4. The van der Waals surface area contributed by atoms with Crippen molar-refractivity contribution in [3.05, 3.63) is 42.1 Å².